The molecule has 1 aromatic carbocycles. The smallest absolute Gasteiger partial charge is 0.257 e. The van der Waals surface area contributed by atoms with Crippen LogP contribution in [0.5, 0.6) is 5.88 Å². The van der Waals surface area contributed by atoms with E-state index in [4.69, 9.17) is 10.5 Å². The molecule has 1 aliphatic heterocycles. The van der Waals surface area contributed by atoms with E-state index in [9.17, 15) is 18.0 Å². The van der Waals surface area contributed by atoms with Gasteiger partial charge < -0.3 is 15.4 Å². The number of fused-ring (bicyclic) bond motifs is 1. The van der Waals surface area contributed by atoms with Crippen LogP contribution in [0.3, 0.4) is 0 Å². The van der Waals surface area contributed by atoms with Crippen LogP contribution in [0.15, 0.2) is 48.9 Å². The molecule has 3 aromatic heterocycles. The Kier molecular flexibility index (Phi) is 6.10. The fourth-order valence-electron chi connectivity index (χ4n) is 5.09. The Morgan fingerprint density at radius 2 is 1.70 bits per heavy atom. The van der Waals surface area contributed by atoms with Crippen LogP contribution in [-0.2, 0) is 5.54 Å². The Labute approximate surface area is 227 Å². The van der Waals surface area contributed by atoms with Gasteiger partial charge in [0, 0.05) is 60.7 Å². The van der Waals surface area contributed by atoms with Crippen molar-refractivity contribution in [1.82, 2.24) is 29.6 Å². The number of aromatic nitrogens is 5. The van der Waals surface area contributed by atoms with Crippen molar-refractivity contribution in [3.8, 4) is 23.1 Å². The number of hydrogen-bond acceptors (Lipinski definition) is 7. The van der Waals surface area contributed by atoms with E-state index in [1.165, 1.54) is 4.68 Å². The Morgan fingerprint density at radius 1 is 1.05 bits per heavy atom. The molecule has 2 N–H and O–H groups in total. The first-order valence-corrected chi connectivity index (χ1v) is 12.8. The number of likely N-dealkylation sites (tertiary alicyclic amines) is 1. The maximum atomic E-state index is 13.9. The Balaban J connectivity index is 1.18. The van der Waals surface area contributed by atoms with Gasteiger partial charge in [-0.1, -0.05) is 0 Å². The van der Waals surface area contributed by atoms with E-state index in [0.29, 0.717) is 35.9 Å². The first kappa shape index (κ1) is 25.9. The van der Waals surface area contributed by atoms with Crippen molar-refractivity contribution in [3.63, 3.8) is 0 Å². The molecular weight excluding hydrogens is 523 g/mol. The predicted octanol–water partition coefficient (Wildman–Crippen LogP) is 3.79. The number of carbonyl (C=O) groups is 1. The van der Waals surface area contributed by atoms with Gasteiger partial charge in [0.1, 0.15) is 6.10 Å². The van der Waals surface area contributed by atoms with Crippen LogP contribution in [0.2, 0.25) is 0 Å². The lowest BCUT2D eigenvalue weighted by atomic mass is 9.94. The van der Waals surface area contributed by atoms with Crippen molar-refractivity contribution in [2.45, 2.75) is 32.4 Å². The average molecular weight is 550 g/mol. The number of benzene rings is 1. The van der Waals surface area contributed by atoms with Crippen LogP contribution in [0, 0.1) is 36.2 Å². The summed E-state index contributed by atoms with van der Waals surface area (Å²) in [5, 5.41) is 4.38. The van der Waals surface area contributed by atoms with E-state index in [-0.39, 0.29) is 41.0 Å². The number of hydrogen-bond donors (Lipinski definition) is 1. The molecule has 1 amide bonds. The minimum atomic E-state index is -1.55. The number of amides is 1. The minimum Gasteiger partial charge on any atom is -0.474 e. The summed E-state index contributed by atoms with van der Waals surface area (Å²) in [7, 11) is 0. The lowest BCUT2D eigenvalue weighted by Gasteiger charge is -2.22. The first-order chi connectivity index (χ1) is 19.0. The molecule has 6 rings (SSSR count). The molecule has 1 aliphatic carbocycles. The van der Waals surface area contributed by atoms with Gasteiger partial charge in [-0.3, -0.25) is 4.79 Å². The third-order valence-corrected chi connectivity index (χ3v) is 7.37. The van der Waals surface area contributed by atoms with Gasteiger partial charge in [-0.05, 0) is 50.6 Å². The standard InChI is InChI=1S/C28H26F3N7O2/c1-14-17(13-38(36-14)27-33-5-4-6-34-27)26(39)37-11-18-19(12-37)25(18)40-23-10-16(28(2,3)32)9-22(35-23)15-7-20(29)24(31)21(30)8-15/h4-10,13,18-19,25H,11-12,32H2,1-3H3/t18-,19+,25?. The summed E-state index contributed by atoms with van der Waals surface area (Å²) in [6, 6.07) is 6.78. The van der Waals surface area contributed by atoms with Crippen molar-refractivity contribution < 1.29 is 22.7 Å². The summed E-state index contributed by atoms with van der Waals surface area (Å²) in [4.78, 5) is 27.8. The second-order valence-corrected chi connectivity index (χ2v) is 10.8. The summed E-state index contributed by atoms with van der Waals surface area (Å²) >= 11 is 0. The average Bonchev–Trinajstić information content (AvgIpc) is 3.23. The van der Waals surface area contributed by atoms with Crippen LogP contribution >= 0.6 is 0 Å². The number of ether oxygens (including phenoxy) is 1. The van der Waals surface area contributed by atoms with E-state index in [1.807, 2.05) is 0 Å². The molecule has 0 spiro atoms. The van der Waals surface area contributed by atoms with E-state index < -0.39 is 23.0 Å². The molecular formula is C28H26F3N7O2. The van der Waals surface area contributed by atoms with Gasteiger partial charge in [-0.2, -0.15) is 5.10 Å². The van der Waals surface area contributed by atoms with E-state index in [0.717, 1.165) is 12.1 Å². The zero-order valence-electron chi connectivity index (χ0n) is 22.0. The molecule has 2 fully saturated rings. The van der Waals surface area contributed by atoms with Crippen LogP contribution in [-0.4, -0.2) is 54.7 Å². The third-order valence-electron chi connectivity index (χ3n) is 7.37. The molecule has 4 aromatic rings. The minimum absolute atomic E-state index is 0.0666. The van der Waals surface area contributed by atoms with Crippen LogP contribution < -0.4 is 10.5 Å². The number of pyridine rings is 1. The van der Waals surface area contributed by atoms with Crippen molar-refractivity contribution >= 4 is 5.91 Å². The second-order valence-electron chi connectivity index (χ2n) is 10.8. The molecule has 4 heterocycles. The number of halogens is 3. The van der Waals surface area contributed by atoms with Crippen LogP contribution in [0.25, 0.3) is 17.2 Å². The highest BCUT2D eigenvalue weighted by Crippen LogP contribution is 2.48. The second kappa shape index (κ2) is 9.40. The number of nitrogens with two attached hydrogens (primary N) is 1. The SMILES string of the molecule is Cc1nn(-c2ncccn2)cc1C(=O)N1C[C@@H]2C(Oc3cc(C(C)(C)N)cc(-c4cc(F)c(F)c(F)c4)n3)[C@@H]2C1. The molecule has 1 saturated carbocycles. The Bertz CT molecular complexity index is 1590. The molecule has 40 heavy (non-hydrogen) atoms. The molecule has 2 aliphatic rings. The molecule has 1 saturated heterocycles. The Morgan fingerprint density at radius 3 is 2.33 bits per heavy atom. The lowest BCUT2D eigenvalue weighted by molar-refractivity contribution is 0.0751. The largest absolute Gasteiger partial charge is 0.474 e. The van der Waals surface area contributed by atoms with Crippen LogP contribution in [0.4, 0.5) is 13.2 Å². The van der Waals surface area contributed by atoms with Gasteiger partial charge in [-0.25, -0.2) is 32.8 Å². The Hall–Kier alpha value is -4.32. The number of aryl methyl sites for hydroxylation is 1. The maximum absolute atomic E-state index is 13.9. The number of piperidine rings is 1. The normalized spacial score (nSPS) is 20.0. The van der Waals surface area contributed by atoms with Crippen molar-refractivity contribution in [1.29, 1.82) is 0 Å². The lowest BCUT2D eigenvalue weighted by Crippen LogP contribution is -2.33. The molecule has 0 radical (unpaired) electrons. The zero-order chi connectivity index (χ0) is 28.3. The number of carbonyl (C=O) groups excluding carboxylic acids is 1. The van der Waals surface area contributed by atoms with Gasteiger partial charge >= 0.3 is 0 Å². The van der Waals surface area contributed by atoms with Gasteiger partial charge in [-0.15, -0.1) is 0 Å². The number of rotatable bonds is 6. The molecule has 206 valence electrons. The van der Waals surface area contributed by atoms with Crippen molar-refractivity contribution in [3.05, 3.63) is 83.2 Å². The quantitative estimate of drug-likeness (QED) is 0.364. The molecule has 0 bridgehead atoms. The predicted molar refractivity (Wildman–Crippen MR) is 138 cm³/mol. The highest BCUT2D eigenvalue weighted by atomic mass is 19.2. The summed E-state index contributed by atoms with van der Waals surface area (Å²) in [6.07, 6.45) is 4.67. The molecule has 3 atom stereocenters. The molecule has 9 nitrogen and oxygen atoms in total. The van der Waals surface area contributed by atoms with E-state index in [2.05, 4.69) is 20.1 Å². The van der Waals surface area contributed by atoms with E-state index in [1.54, 1.807) is 62.5 Å². The topological polar surface area (TPSA) is 112 Å². The fourth-order valence-corrected chi connectivity index (χ4v) is 5.09. The monoisotopic (exact) mass is 549 g/mol. The summed E-state index contributed by atoms with van der Waals surface area (Å²) in [5.41, 5.74) is 7.47. The number of nitrogens with zero attached hydrogens (tertiary/aromatic N) is 6. The van der Waals surface area contributed by atoms with Crippen molar-refractivity contribution in [2.24, 2.45) is 17.6 Å². The van der Waals surface area contributed by atoms with Crippen molar-refractivity contribution in [2.75, 3.05) is 13.1 Å². The summed E-state index contributed by atoms with van der Waals surface area (Å²) < 4.78 is 49.1. The zero-order valence-corrected chi connectivity index (χ0v) is 22.0. The van der Waals surface area contributed by atoms with Gasteiger partial charge in [0.15, 0.2) is 17.5 Å². The maximum Gasteiger partial charge on any atom is 0.257 e. The van der Waals surface area contributed by atoms with E-state index >= 15 is 0 Å². The summed E-state index contributed by atoms with van der Waals surface area (Å²) in [5.74, 6) is -3.45. The highest BCUT2D eigenvalue weighted by molar-refractivity contribution is 5.95. The molecule has 12 heteroatoms. The molecule has 1 unspecified atom stereocenters. The first-order valence-electron chi connectivity index (χ1n) is 12.8. The fraction of sp³-hybridized carbons (Fsp3) is 0.321. The summed E-state index contributed by atoms with van der Waals surface area (Å²) in [6.45, 7) is 6.34. The van der Waals surface area contributed by atoms with Gasteiger partial charge in [0.25, 0.3) is 5.91 Å². The van der Waals surface area contributed by atoms with Gasteiger partial charge in [0.05, 0.1) is 17.0 Å². The van der Waals surface area contributed by atoms with Crippen LogP contribution in [0.1, 0.15) is 35.5 Å². The third kappa shape index (κ3) is 4.68. The highest BCUT2D eigenvalue weighted by Gasteiger charge is 2.59. The van der Waals surface area contributed by atoms with Gasteiger partial charge in [0.2, 0.25) is 11.8 Å².